The number of aromatic nitrogens is 3. The van der Waals surface area contributed by atoms with Gasteiger partial charge < -0.3 is 20.9 Å². The van der Waals surface area contributed by atoms with Gasteiger partial charge in [0.05, 0.1) is 11.4 Å². The number of hydrogen-bond acceptors (Lipinski definition) is 7. The van der Waals surface area contributed by atoms with Crippen molar-refractivity contribution >= 4 is 28.5 Å². The van der Waals surface area contributed by atoms with Gasteiger partial charge in [-0.1, -0.05) is 24.6 Å². The molecule has 0 saturated carbocycles. The molecule has 37 heavy (non-hydrogen) atoms. The largest absolute Gasteiger partial charge is 0.354 e. The molecule has 1 aromatic carbocycles. The smallest absolute Gasteiger partial charge is 0.132 e. The van der Waals surface area contributed by atoms with Crippen LogP contribution >= 0.6 is 11.6 Å². The van der Waals surface area contributed by atoms with Crippen molar-refractivity contribution in [2.45, 2.75) is 26.2 Å². The van der Waals surface area contributed by atoms with E-state index < -0.39 is 5.82 Å². The van der Waals surface area contributed by atoms with Crippen LogP contribution in [0.15, 0.2) is 48.7 Å². The van der Waals surface area contributed by atoms with Gasteiger partial charge in [-0.05, 0) is 75.0 Å². The van der Waals surface area contributed by atoms with Crippen LogP contribution in [0.1, 0.15) is 31.2 Å². The van der Waals surface area contributed by atoms with Gasteiger partial charge in [-0.15, -0.1) is 10.2 Å². The molecule has 3 heterocycles. The zero-order chi connectivity index (χ0) is 26.0. The molecule has 0 radical (unpaired) electrons. The van der Waals surface area contributed by atoms with E-state index in [2.05, 4.69) is 55.1 Å². The molecule has 9 heteroatoms. The SMILES string of the molecule is CCCN(CCNC)CCc1cc(Nc2cc(-c3cc(Cl)ccc3F)nnc2C2=CCCNC2)ccn1. The summed E-state index contributed by atoms with van der Waals surface area (Å²) in [4.78, 5) is 7.05. The number of benzene rings is 1. The van der Waals surface area contributed by atoms with E-state index in [-0.39, 0.29) is 0 Å². The summed E-state index contributed by atoms with van der Waals surface area (Å²) >= 11 is 6.14. The average molecular weight is 524 g/mol. The van der Waals surface area contributed by atoms with Crippen LogP contribution in [0.5, 0.6) is 0 Å². The molecule has 0 bridgehead atoms. The molecule has 1 aliphatic rings. The van der Waals surface area contributed by atoms with E-state index in [0.717, 1.165) is 80.3 Å². The Hall–Kier alpha value is -2.91. The molecule has 0 atom stereocenters. The molecule has 7 nitrogen and oxygen atoms in total. The monoisotopic (exact) mass is 523 g/mol. The first-order valence-electron chi connectivity index (χ1n) is 12.9. The Balaban J connectivity index is 1.60. The summed E-state index contributed by atoms with van der Waals surface area (Å²) < 4.78 is 14.6. The van der Waals surface area contributed by atoms with Crippen LogP contribution in [0.25, 0.3) is 16.8 Å². The van der Waals surface area contributed by atoms with Crippen molar-refractivity contribution in [2.24, 2.45) is 0 Å². The summed E-state index contributed by atoms with van der Waals surface area (Å²) in [6.45, 7) is 7.84. The molecule has 0 amide bonds. The van der Waals surface area contributed by atoms with E-state index in [1.165, 1.54) is 12.1 Å². The summed E-state index contributed by atoms with van der Waals surface area (Å²) in [7, 11) is 1.98. The predicted molar refractivity (Wildman–Crippen MR) is 150 cm³/mol. The van der Waals surface area contributed by atoms with Gasteiger partial charge in [-0.2, -0.15) is 0 Å². The fourth-order valence-electron chi connectivity index (χ4n) is 4.42. The number of pyridine rings is 1. The Morgan fingerprint density at radius 1 is 1.11 bits per heavy atom. The molecule has 4 rings (SSSR count). The molecule has 0 spiro atoms. The van der Waals surface area contributed by atoms with Crippen LogP contribution in [0.3, 0.4) is 0 Å². The topological polar surface area (TPSA) is 78.0 Å². The lowest BCUT2D eigenvalue weighted by atomic mass is 10.0. The fourth-order valence-corrected chi connectivity index (χ4v) is 4.59. The van der Waals surface area contributed by atoms with Crippen molar-refractivity contribution in [3.8, 4) is 11.3 Å². The lowest BCUT2D eigenvalue weighted by molar-refractivity contribution is 0.278. The summed E-state index contributed by atoms with van der Waals surface area (Å²) in [6.07, 6.45) is 6.90. The van der Waals surface area contributed by atoms with Crippen LogP contribution in [0.4, 0.5) is 15.8 Å². The number of halogens is 2. The average Bonchev–Trinajstić information content (AvgIpc) is 2.92. The van der Waals surface area contributed by atoms with Crippen molar-refractivity contribution < 1.29 is 4.39 Å². The van der Waals surface area contributed by atoms with E-state index in [4.69, 9.17) is 11.6 Å². The van der Waals surface area contributed by atoms with Gasteiger partial charge >= 0.3 is 0 Å². The number of likely N-dealkylation sites (N-methyl/N-ethyl adjacent to an activating group) is 1. The summed E-state index contributed by atoms with van der Waals surface area (Å²) in [5, 5.41) is 19.4. The molecule has 2 aromatic heterocycles. The number of anilines is 2. The Bertz CT molecular complexity index is 1220. The molecular weight excluding hydrogens is 489 g/mol. The maximum atomic E-state index is 14.6. The minimum Gasteiger partial charge on any atom is -0.354 e. The van der Waals surface area contributed by atoms with E-state index in [9.17, 15) is 4.39 Å². The Labute approximate surface area is 223 Å². The maximum Gasteiger partial charge on any atom is 0.132 e. The first-order valence-corrected chi connectivity index (χ1v) is 13.3. The standard InChI is InChI=1S/C28H35ClFN7/c1-3-13-37(15-12-31-2)14-9-22-17-23(8-11-33-22)34-27-18-26(24-16-21(29)6-7-25(24)30)35-36-28(27)20-5-4-10-32-19-20/h5-8,11,16-18,31-32H,3-4,9-10,12-15,19H2,1-2H3,(H,33,34,35). The van der Waals surface area contributed by atoms with Gasteiger partial charge in [0.15, 0.2) is 0 Å². The van der Waals surface area contributed by atoms with Crippen LogP contribution in [-0.4, -0.2) is 66.4 Å². The van der Waals surface area contributed by atoms with Crippen molar-refractivity contribution in [2.75, 3.05) is 51.6 Å². The number of rotatable bonds is 12. The Morgan fingerprint density at radius 3 is 2.78 bits per heavy atom. The summed E-state index contributed by atoms with van der Waals surface area (Å²) in [6, 6.07) is 10.3. The number of nitrogens with one attached hydrogen (secondary N) is 3. The predicted octanol–water partition coefficient (Wildman–Crippen LogP) is 4.93. The van der Waals surface area contributed by atoms with E-state index in [0.29, 0.717) is 22.8 Å². The third-order valence-electron chi connectivity index (χ3n) is 6.33. The Kier molecular flexibility index (Phi) is 9.96. The highest BCUT2D eigenvalue weighted by atomic mass is 35.5. The minimum atomic E-state index is -0.392. The van der Waals surface area contributed by atoms with Crippen LogP contribution in [-0.2, 0) is 6.42 Å². The van der Waals surface area contributed by atoms with Gasteiger partial charge in [-0.25, -0.2) is 4.39 Å². The molecule has 196 valence electrons. The van der Waals surface area contributed by atoms with Crippen LogP contribution in [0, 0.1) is 5.82 Å². The zero-order valence-electron chi connectivity index (χ0n) is 21.5. The molecule has 0 unspecified atom stereocenters. The van der Waals surface area contributed by atoms with Crippen molar-refractivity contribution in [3.05, 3.63) is 70.9 Å². The second kappa shape index (κ2) is 13.6. The fraction of sp³-hybridized carbons (Fsp3) is 0.393. The quantitative estimate of drug-likeness (QED) is 0.311. The van der Waals surface area contributed by atoms with E-state index >= 15 is 0 Å². The van der Waals surface area contributed by atoms with Gasteiger partial charge in [0.25, 0.3) is 0 Å². The maximum absolute atomic E-state index is 14.6. The van der Waals surface area contributed by atoms with Crippen molar-refractivity contribution in [1.82, 2.24) is 30.7 Å². The van der Waals surface area contributed by atoms with Gasteiger partial charge in [-0.3, -0.25) is 4.98 Å². The zero-order valence-corrected chi connectivity index (χ0v) is 22.3. The van der Waals surface area contributed by atoms with Gasteiger partial charge in [0.1, 0.15) is 11.5 Å². The first kappa shape index (κ1) is 27.1. The molecule has 1 aliphatic heterocycles. The molecule has 3 aromatic rings. The molecule has 0 fully saturated rings. The van der Waals surface area contributed by atoms with Gasteiger partial charge in [0, 0.05) is 60.8 Å². The number of nitrogens with zero attached hydrogens (tertiary/aromatic N) is 4. The van der Waals surface area contributed by atoms with E-state index in [1.807, 2.05) is 25.4 Å². The highest BCUT2D eigenvalue weighted by Crippen LogP contribution is 2.31. The van der Waals surface area contributed by atoms with E-state index in [1.54, 1.807) is 6.07 Å². The molecular formula is C28H35ClFN7. The van der Waals surface area contributed by atoms with Gasteiger partial charge in [0.2, 0.25) is 0 Å². The number of hydrogen-bond donors (Lipinski definition) is 3. The third kappa shape index (κ3) is 7.55. The first-order chi connectivity index (χ1) is 18.1. The molecule has 3 N–H and O–H groups in total. The Morgan fingerprint density at radius 2 is 2.00 bits per heavy atom. The highest BCUT2D eigenvalue weighted by molar-refractivity contribution is 6.30. The highest BCUT2D eigenvalue weighted by Gasteiger charge is 2.17. The second-order valence-electron chi connectivity index (χ2n) is 9.17. The van der Waals surface area contributed by atoms with Crippen molar-refractivity contribution in [1.29, 1.82) is 0 Å². The lowest BCUT2D eigenvalue weighted by Crippen LogP contribution is -2.33. The minimum absolute atomic E-state index is 0.318. The summed E-state index contributed by atoms with van der Waals surface area (Å²) in [5.74, 6) is -0.392. The second-order valence-corrected chi connectivity index (χ2v) is 9.60. The molecule has 0 saturated heterocycles. The van der Waals surface area contributed by atoms with Crippen LogP contribution in [0.2, 0.25) is 5.02 Å². The van der Waals surface area contributed by atoms with Crippen LogP contribution < -0.4 is 16.0 Å². The summed E-state index contributed by atoms with van der Waals surface area (Å²) in [5.41, 5.74) is 5.23. The normalized spacial score (nSPS) is 13.6. The van der Waals surface area contributed by atoms with Crippen molar-refractivity contribution in [3.63, 3.8) is 0 Å². The molecule has 0 aliphatic carbocycles. The lowest BCUT2D eigenvalue weighted by Gasteiger charge is -2.21. The third-order valence-corrected chi connectivity index (χ3v) is 6.56.